The number of aromatic nitrogens is 2. The number of rotatable bonds is 11. The van der Waals surface area contributed by atoms with Crippen molar-refractivity contribution in [3.05, 3.63) is 52.0 Å². The number of anilines is 1. The molecule has 29 heavy (non-hydrogen) atoms. The number of phenols is 1. The van der Waals surface area contributed by atoms with E-state index >= 15 is 0 Å². The van der Waals surface area contributed by atoms with Gasteiger partial charge in [-0.2, -0.15) is 0 Å². The minimum atomic E-state index is 0.0540. The van der Waals surface area contributed by atoms with E-state index < -0.39 is 0 Å². The van der Waals surface area contributed by atoms with E-state index in [0.29, 0.717) is 17.1 Å². The average molecular weight is 434 g/mol. The van der Waals surface area contributed by atoms with Gasteiger partial charge in [-0.05, 0) is 30.7 Å². The molecule has 2 aromatic carbocycles. The molecule has 6 heteroatoms. The monoisotopic (exact) mass is 433 g/mol. The summed E-state index contributed by atoms with van der Waals surface area (Å²) in [6.07, 6.45) is 8.89. The molecule has 2 N–H and O–H groups in total. The standard InChI is InChI=1S/C23H29Cl2N3O/c1-2-3-4-5-6-7-10-13-28-21-12-9-8-11-20(21)27-23(28)26-16-17-14-18(24)15-19(25)22(17)29/h8-9,11-12,14-15,29H,2-7,10,13,16H2,1H3,(H,26,27). The van der Waals surface area contributed by atoms with Crippen LogP contribution in [0.25, 0.3) is 11.0 Å². The van der Waals surface area contributed by atoms with Gasteiger partial charge in [-0.3, -0.25) is 0 Å². The maximum atomic E-state index is 10.2. The number of fused-ring (bicyclic) bond motifs is 1. The van der Waals surface area contributed by atoms with E-state index in [-0.39, 0.29) is 10.8 Å². The van der Waals surface area contributed by atoms with Gasteiger partial charge in [0.05, 0.1) is 16.1 Å². The van der Waals surface area contributed by atoms with Crippen LogP contribution in [0.5, 0.6) is 5.75 Å². The van der Waals surface area contributed by atoms with E-state index in [4.69, 9.17) is 28.2 Å². The number of halogens is 2. The van der Waals surface area contributed by atoms with Crippen molar-refractivity contribution >= 4 is 40.2 Å². The number of nitrogens with one attached hydrogen (secondary N) is 1. The molecule has 4 nitrogen and oxygen atoms in total. The summed E-state index contributed by atoms with van der Waals surface area (Å²) in [6.45, 7) is 3.56. The Hall–Kier alpha value is -1.91. The molecule has 0 saturated heterocycles. The van der Waals surface area contributed by atoms with Gasteiger partial charge in [0.1, 0.15) is 5.75 Å². The number of nitrogens with zero attached hydrogens (tertiary/aromatic N) is 2. The first kappa shape index (κ1) is 21.8. The predicted octanol–water partition coefficient (Wildman–Crippen LogP) is 7.41. The van der Waals surface area contributed by atoms with Crippen molar-refractivity contribution in [3.63, 3.8) is 0 Å². The highest BCUT2D eigenvalue weighted by Crippen LogP contribution is 2.32. The average Bonchev–Trinajstić information content (AvgIpc) is 3.06. The summed E-state index contributed by atoms with van der Waals surface area (Å²) in [5, 5.41) is 14.3. The second-order valence-electron chi connectivity index (χ2n) is 7.45. The van der Waals surface area contributed by atoms with Crippen molar-refractivity contribution in [2.75, 3.05) is 5.32 Å². The van der Waals surface area contributed by atoms with E-state index in [0.717, 1.165) is 29.9 Å². The Labute approximate surface area is 182 Å². The van der Waals surface area contributed by atoms with Gasteiger partial charge >= 0.3 is 0 Å². The molecule has 0 atom stereocenters. The number of para-hydroxylation sites is 2. The van der Waals surface area contributed by atoms with E-state index in [1.54, 1.807) is 6.07 Å². The highest BCUT2D eigenvalue weighted by Gasteiger charge is 2.12. The predicted molar refractivity (Wildman–Crippen MR) is 123 cm³/mol. The molecule has 0 radical (unpaired) electrons. The number of imidazole rings is 1. The van der Waals surface area contributed by atoms with Crippen molar-refractivity contribution in [2.24, 2.45) is 0 Å². The topological polar surface area (TPSA) is 50.1 Å². The molecule has 0 unspecified atom stereocenters. The fourth-order valence-corrected chi connectivity index (χ4v) is 4.13. The molecule has 3 rings (SSSR count). The zero-order chi connectivity index (χ0) is 20.6. The molecule has 0 bridgehead atoms. The van der Waals surface area contributed by atoms with Gasteiger partial charge in [-0.1, -0.05) is 80.8 Å². The van der Waals surface area contributed by atoms with Gasteiger partial charge in [0.2, 0.25) is 5.95 Å². The van der Waals surface area contributed by atoms with E-state index in [1.807, 2.05) is 18.2 Å². The maximum Gasteiger partial charge on any atom is 0.204 e. The first-order valence-corrected chi connectivity index (χ1v) is 11.2. The van der Waals surface area contributed by atoms with E-state index in [1.165, 1.54) is 44.6 Å². The summed E-state index contributed by atoms with van der Waals surface area (Å²) in [6, 6.07) is 11.4. The molecule has 0 aliphatic heterocycles. The van der Waals surface area contributed by atoms with Crippen LogP contribution in [0.1, 0.15) is 57.4 Å². The van der Waals surface area contributed by atoms with E-state index in [2.05, 4.69) is 22.9 Å². The third-order valence-electron chi connectivity index (χ3n) is 5.18. The number of aryl methyl sites for hydroxylation is 1. The molecule has 0 fully saturated rings. The van der Waals surface area contributed by atoms with Crippen LogP contribution in [-0.2, 0) is 13.1 Å². The number of aromatic hydroxyl groups is 1. The van der Waals surface area contributed by atoms with E-state index in [9.17, 15) is 5.11 Å². The Morgan fingerprint density at radius 2 is 1.72 bits per heavy atom. The number of phenolic OH excluding ortho intramolecular Hbond substituents is 1. The summed E-state index contributed by atoms with van der Waals surface area (Å²) in [5.41, 5.74) is 2.73. The van der Waals surface area contributed by atoms with Crippen molar-refractivity contribution in [1.29, 1.82) is 0 Å². The largest absolute Gasteiger partial charge is 0.506 e. The molecule has 156 valence electrons. The molecule has 0 aliphatic carbocycles. The smallest absolute Gasteiger partial charge is 0.204 e. The Kier molecular flexibility index (Phi) is 8.08. The fourth-order valence-electron chi connectivity index (χ4n) is 3.59. The van der Waals surface area contributed by atoms with Crippen molar-refractivity contribution in [3.8, 4) is 5.75 Å². The lowest BCUT2D eigenvalue weighted by molar-refractivity contribution is 0.469. The third-order valence-corrected chi connectivity index (χ3v) is 5.69. The molecule has 3 aromatic rings. The van der Waals surface area contributed by atoms with Crippen LogP contribution in [-0.4, -0.2) is 14.7 Å². The first-order valence-electron chi connectivity index (χ1n) is 10.5. The van der Waals surface area contributed by atoms with Gasteiger partial charge in [-0.25, -0.2) is 4.98 Å². The zero-order valence-electron chi connectivity index (χ0n) is 16.9. The van der Waals surface area contributed by atoms with Crippen molar-refractivity contribution in [2.45, 2.75) is 65.0 Å². The molecule has 1 heterocycles. The summed E-state index contributed by atoms with van der Waals surface area (Å²) >= 11 is 12.1. The van der Waals surface area contributed by atoms with Crippen LogP contribution < -0.4 is 5.32 Å². The molecular formula is C23H29Cl2N3O. The minimum absolute atomic E-state index is 0.0540. The fraction of sp³-hybridized carbons (Fsp3) is 0.435. The van der Waals surface area contributed by atoms with Gasteiger partial charge in [0, 0.05) is 23.7 Å². The van der Waals surface area contributed by atoms with Crippen LogP contribution in [0.2, 0.25) is 10.0 Å². The highest BCUT2D eigenvalue weighted by atomic mass is 35.5. The second-order valence-corrected chi connectivity index (χ2v) is 8.29. The normalized spacial score (nSPS) is 11.3. The van der Waals surface area contributed by atoms with Crippen LogP contribution in [0.15, 0.2) is 36.4 Å². The van der Waals surface area contributed by atoms with Gasteiger partial charge in [0.15, 0.2) is 0 Å². The lowest BCUT2D eigenvalue weighted by atomic mass is 10.1. The quantitative estimate of drug-likeness (QED) is 0.309. The Bertz CT molecular complexity index is 939. The van der Waals surface area contributed by atoms with Gasteiger partial charge in [-0.15, -0.1) is 0 Å². The summed E-state index contributed by atoms with van der Waals surface area (Å²) < 4.78 is 2.23. The molecule has 0 amide bonds. The molecule has 1 aromatic heterocycles. The van der Waals surface area contributed by atoms with Gasteiger partial charge < -0.3 is 15.0 Å². The number of benzene rings is 2. The number of hydrogen-bond acceptors (Lipinski definition) is 3. The number of hydrogen-bond donors (Lipinski definition) is 2. The van der Waals surface area contributed by atoms with Crippen LogP contribution in [0.4, 0.5) is 5.95 Å². The van der Waals surface area contributed by atoms with Crippen molar-refractivity contribution in [1.82, 2.24) is 9.55 Å². The lowest BCUT2D eigenvalue weighted by Gasteiger charge is -2.12. The summed E-state index contributed by atoms with van der Waals surface area (Å²) in [7, 11) is 0. The van der Waals surface area contributed by atoms with Crippen LogP contribution in [0.3, 0.4) is 0 Å². The van der Waals surface area contributed by atoms with Crippen molar-refractivity contribution < 1.29 is 5.11 Å². The molecular weight excluding hydrogens is 405 g/mol. The minimum Gasteiger partial charge on any atom is -0.506 e. The maximum absolute atomic E-state index is 10.2. The first-order chi connectivity index (χ1) is 14.1. The molecule has 0 aliphatic rings. The lowest BCUT2D eigenvalue weighted by Crippen LogP contribution is -2.08. The van der Waals surface area contributed by atoms with Gasteiger partial charge in [0.25, 0.3) is 0 Å². The molecule has 0 saturated carbocycles. The summed E-state index contributed by atoms with van der Waals surface area (Å²) in [5.74, 6) is 0.853. The Balaban J connectivity index is 1.68. The second kappa shape index (κ2) is 10.7. The van der Waals surface area contributed by atoms with Crippen LogP contribution in [0, 0.1) is 0 Å². The van der Waals surface area contributed by atoms with Crippen LogP contribution >= 0.6 is 23.2 Å². The Morgan fingerprint density at radius 3 is 2.52 bits per heavy atom. The third kappa shape index (κ3) is 5.80. The summed E-state index contributed by atoms with van der Waals surface area (Å²) in [4.78, 5) is 4.75. The number of unbranched alkanes of at least 4 members (excludes halogenated alkanes) is 6. The zero-order valence-corrected chi connectivity index (χ0v) is 18.4. The Morgan fingerprint density at radius 1 is 1.00 bits per heavy atom. The SMILES string of the molecule is CCCCCCCCCn1c(NCc2cc(Cl)cc(Cl)c2O)nc2ccccc21. The molecule has 0 spiro atoms. The highest BCUT2D eigenvalue weighted by molar-refractivity contribution is 6.35.